The van der Waals surface area contributed by atoms with E-state index in [1.165, 1.54) is 6.42 Å². The topological polar surface area (TPSA) is 42.2 Å². The molecule has 5 heteroatoms. The van der Waals surface area contributed by atoms with Gasteiger partial charge in [-0.05, 0) is 30.4 Å². The first kappa shape index (κ1) is 14.5. The van der Waals surface area contributed by atoms with Crippen LogP contribution in [-0.2, 0) is 6.54 Å². The molecule has 21 heavy (non-hydrogen) atoms. The molecule has 1 aromatic heterocycles. The number of halogens is 1. The molecule has 0 amide bonds. The Morgan fingerprint density at radius 1 is 1.19 bits per heavy atom. The molecule has 1 aromatic carbocycles. The summed E-state index contributed by atoms with van der Waals surface area (Å²) in [5.74, 6) is 2.60. The largest absolute Gasteiger partial charge is 0.419 e. The molecule has 112 valence electrons. The number of rotatable bonds is 3. The smallest absolute Gasteiger partial charge is 0.249 e. The summed E-state index contributed by atoms with van der Waals surface area (Å²) in [7, 11) is 0. The minimum absolute atomic E-state index is 0.494. The molecular formula is C16H20ClN3O. The van der Waals surface area contributed by atoms with Gasteiger partial charge in [-0.25, -0.2) is 0 Å². The van der Waals surface area contributed by atoms with Gasteiger partial charge >= 0.3 is 0 Å². The Kier molecular flexibility index (Phi) is 4.27. The van der Waals surface area contributed by atoms with Crippen molar-refractivity contribution < 1.29 is 4.42 Å². The minimum atomic E-state index is 0.494. The van der Waals surface area contributed by atoms with E-state index in [-0.39, 0.29) is 0 Å². The van der Waals surface area contributed by atoms with E-state index in [4.69, 9.17) is 16.0 Å². The zero-order chi connectivity index (χ0) is 14.8. The van der Waals surface area contributed by atoms with Crippen LogP contribution in [0.5, 0.6) is 0 Å². The number of hydrogen-bond donors (Lipinski definition) is 0. The van der Waals surface area contributed by atoms with Crippen molar-refractivity contribution in [1.29, 1.82) is 0 Å². The highest BCUT2D eigenvalue weighted by Gasteiger charge is 2.23. The number of benzene rings is 1. The quantitative estimate of drug-likeness (QED) is 0.863. The monoisotopic (exact) mass is 305 g/mol. The van der Waals surface area contributed by atoms with Crippen LogP contribution in [0.15, 0.2) is 28.7 Å². The summed E-state index contributed by atoms with van der Waals surface area (Å²) in [6.45, 7) is 7.49. The molecule has 3 rings (SSSR count). The van der Waals surface area contributed by atoms with Gasteiger partial charge in [-0.15, -0.1) is 10.2 Å². The van der Waals surface area contributed by atoms with Crippen LogP contribution in [0.3, 0.4) is 0 Å². The average Bonchev–Trinajstić information content (AvgIpc) is 2.86. The van der Waals surface area contributed by atoms with E-state index in [0.717, 1.165) is 30.5 Å². The predicted molar refractivity (Wildman–Crippen MR) is 83.0 cm³/mol. The summed E-state index contributed by atoms with van der Waals surface area (Å²) >= 11 is 6.16. The summed E-state index contributed by atoms with van der Waals surface area (Å²) < 4.78 is 5.78. The molecule has 4 nitrogen and oxygen atoms in total. The minimum Gasteiger partial charge on any atom is -0.419 e. The van der Waals surface area contributed by atoms with E-state index in [9.17, 15) is 0 Å². The molecule has 1 aliphatic rings. The van der Waals surface area contributed by atoms with Crippen molar-refractivity contribution in [2.45, 2.75) is 26.8 Å². The summed E-state index contributed by atoms with van der Waals surface area (Å²) in [5, 5.41) is 8.92. The second-order valence-electron chi connectivity index (χ2n) is 6.12. The lowest BCUT2D eigenvalue weighted by Gasteiger charge is -2.33. The van der Waals surface area contributed by atoms with Crippen molar-refractivity contribution in [1.82, 2.24) is 15.1 Å². The molecule has 1 aliphatic heterocycles. The van der Waals surface area contributed by atoms with E-state index in [1.54, 1.807) is 0 Å². The van der Waals surface area contributed by atoms with Gasteiger partial charge in [-0.3, -0.25) is 4.90 Å². The van der Waals surface area contributed by atoms with Crippen LogP contribution in [0, 0.1) is 11.8 Å². The van der Waals surface area contributed by atoms with Gasteiger partial charge in [-0.1, -0.05) is 37.6 Å². The maximum absolute atomic E-state index is 6.16. The third-order valence-electron chi connectivity index (χ3n) is 3.87. The normalized spacial score (nSPS) is 23.4. The van der Waals surface area contributed by atoms with E-state index < -0.39 is 0 Å². The Labute approximate surface area is 130 Å². The van der Waals surface area contributed by atoms with Gasteiger partial charge in [-0.2, -0.15) is 0 Å². The maximum atomic E-state index is 6.16. The zero-order valence-electron chi connectivity index (χ0n) is 12.4. The molecular weight excluding hydrogens is 286 g/mol. The Morgan fingerprint density at radius 3 is 2.62 bits per heavy atom. The van der Waals surface area contributed by atoms with Crippen LogP contribution in [0.4, 0.5) is 0 Å². The SMILES string of the molecule is C[C@@H]1C[C@H](C)CN(Cc2nnc(-c3ccccc3Cl)o2)C1. The van der Waals surface area contributed by atoms with Crippen LogP contribution < -0.4 is 0 Å². The third-order valence-corrected chi connectivity index (χ3v) is 4.20. The van der Waals surface area contributed by atoms with Crippen LogP contribution in [-0.4, -0.2) is 28.2 Å². The van der Waals surface area contributed by atoms with Crippen molar-refractivity contribution in [3.63, 3.8) is 0 Å². The first-order valence-corrected chi connectivity index (χ1v) is 7.79. The highest BCUT2D eigenvalue weighted by molar-refractivity contribution is 6.33. The van der Waals surface area contributed by atoms with Gasteiger partial charge in [0.15, 0.2) is 0 Å². The second-order valence-corrected chi connectivity index (χ2v) is 6.53. The van der Waals surface area contributed by atoms with Crippen LogP contribution >= 0.6 is 11.6 Å². The van der Waals surface area contributed by atoms with E-state index in [0.29, 0.717) is 23.3 Å². The molecule has 0 N–H and O–H groups in total. The van der Waals surface area contributed by atoms with Crippen molar-refractivity contribution in [2.24, 2.45) is 11.8 Å². The molecule has 0 spiro atoms. The molecule has 0 bridgehead atoms. The number of nitrogens with zero attached hydrogens (tertiary/aromatic N) is 3. The lowest BCUT2D eigenvalue weighted by Crippen LogP contribution is -2.38. The van der Waals surface area contributed by atoms with Crippen LogP contribution in [0.2, 0.25) is 5.02 Å². The van der Waals surface area contributed by atoms with Crippen LogP contribution in [0.25, 0.3) is 11.5 Å². The Bertz CT molecular complexity index is 603. The Balaban J connectivity index is 1.72. The lowest BCUT2D eigenvalue weighted by atomic mass is 9.92. The molecule has 0 saturated carbocycles. The van der Waals surface area contributed by atoms with Gasteiger partial charge in [0, 0.05) is 13.1 Å². The Morgan fingerprint density at radius 2 is 1.90 bits per heavy atom. The molecule has 0 unspecified atom stereocenters. The maximum Gasteiger partial charge on any atom is 0.249 e. The average molecular weight is 306 g/mol. The second kappa shape index (κ2) is 6.16. The summed E-state index contributed by atoms with van der Waals surface area (Å²) in [4.78, 5) is 2.39. The van der Waals surface area contributed by atoms with E-state index >= 15 is 0 Å². The third kappa shape index (κ3) is 3.44. The molecule has 0 radical (unpaired) electrons. The fourth-order valence-corrected chi connectivity index (χ4v) is 3.39. The fraction of sp³-hybridized carbons (Fsp3) is 0.500. The van der Waals surface area contributed by atoms with Crippen molar-refractivity contribution in [2.75, 3.05) is 13.1 Å². The van der Waals surface area contributed by atoms with E-state index in [2.05, 4.69) is 28.9 Å². The molecule has 0 aliphatic carbocycles. The molecule has 1 fully saturated rings. The van der Waals surface area contributed by atoms with Gasteiger partial charge in [0.25, 0.3) is 0 Å². The fourth-order valence-electron chi connectivity index (χ4n) is 3.17. The van der Waals surface area contributed by atoms with Crippen molar-refractivity contribution >= 4 is 11.6 Å². The standard InChI is InChI=1S/C16H20ClN3O/c1-11-7-12(2)9-20(8-11)10-15-18-19-16(21-15)13-5-3-4-6-14(13)17/h3-6,11-12H,7-10H2,1-2H3/t11-,12+. The first-order chi connectivity index (χ1) is 10.1. The number of likely N-dealkylation sites (tertiary alicyclic amines) is 1. The van der Waals surface area contributed by atoms with Gasteiger partial charge in [0.2, 0.25) is 11.8 Å². The molecule has 2 aromatic rings. The summed E-state index contributed by atoms with van der Waals surface area (Å²) in [6, 6.07) is 7.53. The van der Waals surface area contributed by atoms with Gasteiger partial charge in [0.1, 0.15) is 0 Å². The van der Waals surface area contributed by atoms with Gasteiger partial charge < -0.3 is 4.42 Å². The van der Waals surface area contributed by atoms with E-state index in [1.807, 2.05) is 24.3 Å². The van der Waals surface area contributed by atoms with Crippen LogP contribution in [0.1, 0.15) is 26.2 Å². The Hall–Kier alpha value is -1.39. The number of hydrogen-bond acceptors (Lipinski definition) is 4. The summed E-state index contributed by atoms with van der Waals surface area (Å²) in [5.41, 5.74) is 0.790. The van der Waals surface area contributed by atoms with Crippen molar-refractivity contribution in [3.8, 4) is 11.5 Å². The number of aromatic nitrogens is 2. The first-order valence-electron chi connectivity index (χ1n) is 7.41. The predicted octanol–water partition coefficient (Wildman–Crippen LogP) is 3.87. The highest BCUT2D eigenvalue weighted by Crippen LogP contribution is 2.27. The van der Waals surface area contributed by atoms with Crippen molar-refractivity contribution in [3.05, 3.63) is 35.2 Å². The van der Waals surface area contributed by atoms with Gasteiger partial charge in [0.05, 0.1) is 17.1 Å². The highest BCUT2D eigenvalue weighted by atomic mass is 35.5. The molecule has 1 saturated heterocycles. The molecule has 2 atom stereocenters. The molecule has 2 heterocycles. The zero-order valence-corrected chi connectivity index (χ0v) is 13.2. The number of piperidine rings is 1. The lowest BCUT2D eigenvalue weighted by molar-refractivity contribution is 0.124. The summed E-state index contributed by atoms with van der Waals surface area (Å²) in [6.07, 6.45) is 1.30.